The van der Waals surface area contributed by atoms with E-state index in [4.69, 9.17) is 5.41 Å². The van der Waals surface area contributed by atoms with E-state index in [1.807, 2.05) is 19.0 Å². The fourth-order valence-corrected chi connectivity index (χ4v) is 3.42. The molecule has 6 N–H and O–H groups in total. The first-order chi connectivity index (χ1) is 14.4. The summed E-state index contributed by atoms with van der Waals surface area (Å²) in [4.78, 5) is 28.6. The second kappa shape index (κ2) is 8.83. The van der Waals surface area contributed by atoms with E-state index in [1.165, 1.54) is 18.2 Å². The van der Waals surface area contributed by atoms with Crippen molar-refractivity contribution in [1.29, 1.82) is 5.41 Å². The molecule has 30 heavy (non-hydrogen) atoms. The topological polar surface area (TPSA) is 138 Å². The SMILES string of the molecule is CN(C)CCNc1ccc(O)c2c1C(=O)c1c(O)ccc(NCCNC=N)c1C2=O. The molecule has 0 atom stereocenters. The summed E-state index contributed by atoms with van der Waals surface area (Å²) in [5.74, 6) is -1.64. The Hall–Kier alpha value is -3.59. The van der Waals surface area contributed by atoms with Gasteiger partial charge in [-0.1, -0.05) is 0 Å². The van der Waals surface area contributed by atoms with E-state index in [2.05, 4.69) is 16.0 Å². The van der Waals surface area contributed by atoms with Crippen LogP contribution in [0.4, 0.5) is 11.4 Å². The third kappa shape index (κ3) is 3.92. The summed E-state index contributed by atoms with van der Waals surface area (Å²) >= 11 is 0. The molecule has 9 nitrogen and oxygen atoms in total. The van der Waals surface area contributed by atoms with Crippen LogP contribution < -0.4 is 16.0 Å². The molecule has 3 rings (SSSR count). The average molecular weight is 411 g/mol. The second-order valence-electron chi connectivity index (χ2n) is 7.18. The number of fused-ring (bicyclic) bond motifs is 2. The molecule has 0 amide bonds. The summed E-state index contributed by atoms with van der Waals surface area (Å²) < 4.78 is 0. The van der Waals surface area contributed by atoms with Gasteiger partial charge in [0.2, 0.25) is 11.6 Å². The minimum absolute atomic E-state index is 0.0306. The maximum Gasteiger partial charge on any atom is 0.200 e. The Morgan fingerprint density at radius 2 is 1.33 bits per heavy atom. The zero-order valence-corrected chi connectivity index (χ0v) is 16.9. The Bertz CT molecular complexity index is 1000. The van der Waals surface area contributed by atoms with Crippen molar-refractivity contribution in [3.05, 3.63) is 46.5 Å². The number of rotatable bonds is 9. The van der Waals surface area contributed by atoms with E-state index in [0.29, 0.717) is 37.6 Å². The van der Waals surface area contributed by atoms with Crippen molar-refractivity contribution < 1.29 is 19.8 Å². The van der Waals surface area contributed by atoms with Crippen molar-refractivity contribution in [3.63, 3.8) is 0 Å². The lowest BCUT2D eigenvalue weighted by atomic mass is 9.81. The zero-order valence-electron chi connectivity index (χ0n) is 16.9. The highest BCUT2D eigenvalue weighted by atomic mass is 16.3. The number of benzene rings is 2. The summed E-state index contributed by atoms with van der Waals surface area (Å²) in [7, 11) is 3.84. The number of nitrogens with one attached hydrogen (secondary N) is 4. The van der Waals surface area contributed by atoms with Gasteiger partial charge in [0.05, 0.1) is 28.6 Å². The van der Waals surface area contributed by atoms with E-state index >= 15 is 0 Å². The standard InChI is InChI=1S/C21H25N5O4/c1-26(2)10-9-25-13-4-6-15(28)19-17(13)21(30)18-14(27)5-3-12(16(18)20(19)29)24-8-7-23-11-22/h3-6,11,24-25,27-28H,7-10H2,1-2H3,(H2,22,23). The molecule has 1 aliphatic rings. The van der Waals surface area contributed by atoms with Gasteiger partial charge >= 0.3 is 0 Å². The van der Waals surface area contributed by atoms with Crippen LogP contribution in [0.2, 0.25) is 0 Å². The van der Waals surface area contributed by atoms with Crippen LogP contribution in [0.25, 0.3) is 0 Å². The highest BCUT2D eigenvalue weighted by molar-refractivity contribution is 6.33. The number of ketones is 2. The van der Waals surface area contributed by atoms with Crippen LogP contribution in [0.3, 0.4) is 0 Å². The molecule has 0 bridgehead atoms. The largest absolute Gasteiger partial charge is 0.507 e. The molecule has 158 valence electrons. The number of hydrogen-bond donors (Lipinski definition) is 6. The second-order valence-corrected chi connectivity index (χ2v) is 7.18. The number of anilines is 2. The Morgan fingerprint density at radius 1 is 0.833 bits per heavy atom. The summed E-state index contributed by atoms with van der Waals surface area (Å²) in [6.45, 7) is 2.06. The first-order valence-corrected chi connectivity index (χ1v) is 9.53. The number of likely N-dealkylation sites (N-methyl/N-ethyl adjacent to an activating group) is 1. The lowest BCUT2D eigenvalue weighted by Gasteiger charge is -2.24. The van der Waals surface area contributed by atoms with Gasteiger partial charge in [-0.2, -0.15) is 0 Å². The normalized spacial score (nSPS) is 12.4. The molecule has 2 aromatic rings. The number of aromatic hydroxyl groups is 2. The van der Waals surface area contributed by atoms with Crippen molar-refractivity contribution in [2.24, 2.45) is 0 Å². The maximum absolute atomic E-state index is 13.3. The molecule has 0 radical (unpaired) electrons. The number of carbonyl (C=O) groups excluding carboxylic acids is 2. The van der Waals surface area contributed by atoms with E-state index in [0.717, 1.165) is 6.34 Å². The van der Waals surface area contributed by atoms with E-state index in [1.54, 1.807) is 6.07 Å². The molecule has 0 aromatic heterocycles. The smallest absolute Gasteiger partial charge is 0.200 e. The van der Waals surface area contributed by atoms with Crippen LogP contribution in [0.5, 0.6) is 11.5 Å². The quantitative estimate of drug-likeness (QED) is 0.135. The van der Waals surface area contributed by atoms with Gasteiger partial charge in [0, 0.05) is 37.6 Å². The van der Waals surface area contributed by atoms with Gasteiger partial charge in [-0.25, -0.2) is 0 Å². The minimum Gasteiger partial charge on any atom is -0.507 e. The molecular weight excluding hydrogens is 386 g/mol. The number of carbonyl (C=O) groups is 2. The van der Waals surface area contributed by atoms with Crippen LogP contribution >= 0.6 is 0 Å². The Balaban J connectivity index is 2.05. The predicted molar refractivity (Wildman–Crippen MR) is 115 cm³/mol. The minimum atomic E-state index is -0.535. The fourth-order valence-electron chi connectivity index (χ4n) is 3.42. The number of hydrogen-bond acceptors (Lipinski definition) is 8. The summed E-state index contributed by atoms with van der Waals surface area (Å²) in [5, 5.41) is 36.7. The third-order valence-corrected chi connectivity index (χ3v) is 4.84. The number of phenolic OH excluding ortho intramolecular Hbond substituents is 2. The lowest BCUT2D eigenvalue weighted by Crippen LogP contribution is -2.27. The molecule has 0 fully saturated rings. The predicted octanol–water partition coefficient (Wildman–Crippen LogP) is 1.46. The average Bonchev–Trinajstić information content (AvgIpc) is 2.70. The summed E-state index contributed by atoms with van der Waals surface area (Å²) in [5.41, 5.74) is 0.741. The molecule has 0 unspecified atom stereocenters. The Morgan fingerprint density at radius 3 is 1.80 bits per heavy atom. The van der Waals surface area contributed by atoms with Crippen LogP contribution in [0.1, 0.15) is 31.8 Å². The molecule has 0 saturated carbocycles. The Labute approximate surface area is 174 Å². The van der Waals surface area contributed by atoms with Gasteiger partial charge in [-0.3, -0.25) is 15.0 Å². The lowest BCUT2D eigenvalue weighted by molar-refractivity contribution is 0.0975. The van der Waals surface area contributed by atoms with Gasteiger partial charge in [0.1, 0.15) is 11.5 Å². The van der Waals surface area contributed by atoms with Crippen LogP contribution in [0.15, 0.2) is 24.3 Å². The number of nitrogens with zero attached hydrogens (tertiary/aromatic N) is 1. The molecule has 0 heterocycles. The highest BCUT2D eigenvalue weighted by Gasteiger charge is 2.37. The Kier molecular flexibility index (Phi) is 6.22. The summed E-state index contributed by atoms with van der Waals surface area (Å²) in [6, 6.07) is 5.83. The van der Waals surface area contributed by atoms with Crippen molar-refractivity contribution in [3.8, 4) is 11.5 Å². The van der Waals surface area contributed by atoms with Gasteiger partial charge in [-0.05, 0) is 38.4 Å². The summed E-state index contributed by atoms with van der Waals surface area (Å²) in [6.07, 6.45) is 1.06. The molecule has 1 aliphatic carbocycles. The molecule has 0 saturated heterocycles. The van der Waals surface area contributed by atoms with Crippen LogP contribution in [0, 0.1) is 5.41 Å². The van der Waals surface area contributed by atoms with Crippen molar-refractivity contribution in [2.45, 2.75) is 0 Å². The van der Waals surface area contributed by atoms with Gasteiger partial charge < -0.3 is 31.1 Å². The van der Waals surface area contributed by atoms with Crippen LogP contribution in [-0.4, -0.2) is 73.3 Å². The fraction of sp³-hybridized carbons (Fsp3) is 0.286. The monoisotopic (exact) mass is 411 g/mol. The van der Waals surface area contributed by atoms with E-state index in [9.17, 15) is 19.8 Å². The van der Waals surface area contributed by atoms with E-state index < -0.39 is 11.6 Å². The highest BCUT2D eigenvalue weighted by Crippen LogP contribution is 2.42. The molecule has 2 aromatic carbocycles. The molecular formula is C21H25N5O4. The van der Waals surface area contributed by atoms with Crippen molar-refractivity contribution in [2.75, 3.05) is 50.9 Å². The van der Waals surface area contributed by atoms with Crippen LogP contribution in [-0.2, 0) is 0 Å². The van der Waals surface area contributed by atoms with Gasteiger partial charge in [0.15, 0.2) is 0 Å². The van der Waals surface area contributed by atoms with Crippen molar-refractivity contribution >= 4 is 29.3 Å². The maximum atomic E-state index is 13.3. The molecule has 0 spiro atoms. The van der Waals surface area contributed by atoms with Gasteiger partial charge in [0.25, 0.3) is 0 Å². The third-order valence-electron chi connectivity index (χ3n) is 4.84. The first-order valence-electron chi connectivity index (χ1n) is 9.53. The van der Waals surface area contributed by atoms with E-state index in [-0.39, 0.29) is 33.8 Å². The number of phenols is 2. The van der Waals surface area contributed by atoms with Gasteiger partial charge in [-0.15, -0.1) is 0 Å². The molecule has 0 aliphatic heterocycles. The van der Waals surface area contributed by atoms with Crippen molar-refractivity contribution in [1.82, 2.24) is 10.2 Å². The zero-order chi connectivity index (χ0) is 21.8. The molecule has 9 heteroatoms. The first kappa shape index (κ1) is 21.1.